The first-order chi connectivity index (χ1) is 11.4. The Kier molecular flexibility index (Phi) is 4.11. The van der Waals surface area contributed by atoms with Crippen molar-refractivity contribution in [2.75, 3.05) is 24.6 Å². The molecule has 4 rings (SSSR count). The molecule has 1 fully saturated rings. The maximum atomic E-state index is 5.88. The lowest BCUT2D eigenvalue weighted by Crippen LogP contribution is -2.35. The van der Waals surface area contributed by atoms with Crippen LogP contribution in [0.25, 0.3) is 10.2 Å². The third-order valence-corrected chi connectivity index (χ3v) is 5.34. The van der Waals surface area contributed by atoms with Crippen LogP contribution in [0.2, 0.25) is 0 Å². The topological polar surface area (TPSA) is 38.2 Å². The number of hydrogen-bond acceptors (Lipinski definition) is 5. The SMILES string of the molecule is c1cc(OCC2CCN(c3ccnc4ccsc34)CC2)ccn1. The van der Waals surface area contributed by atoms with Crippen LogP contribution in [0.4, 0.5) is 5.69 Å². The van der Waals surface area contributed by atoms with Crippen LogP contribution >= 0.6 is 11.3 Å². The summed E-state index contributed by atoms with van der Waals surface area (Å²) in [6.07, 6.45) is 7.80. The number of anilines is 1. The number of fused-ring (bicyclic) bond motifs is 1. The number of pyridine rings is 2. The first-order valence-electron chi connectivity index (χ1n) is 8.00. The van der Waals surface area contributed by atoms with Gasteiger partial charge in [0.05, 0.1) is 22.5 Å². The summed E-state index contributed by atoms with van der Waals surface area (Å²) in [6.45, 7) is 2.96. The molecule has 0 aliphatic carbocycles. The first kappa shape index (κ1) is 14.5. The molecule has 0 bridgehead atoms. The van der Waals surface area contributed by atoms with Gasteiger partial charge in [-0.25, -0.2) is 0 Å². The minimum Gasteiger partial charge on any atom is -0.493 e. The average Bonchev–Trinajstić information content (AvgIpc) is 3.10. The summed E-state index contributed by atoms with van der Waals surface area (Å²) in [5, 5.41) is 2.12. The lowest BCUT2D eigenvalue weighted by Gasteiger charge is -2.33. The van der Waals surface area contributed by atoms with Crippen molar-refractivity contribution in [2.24, 2.45) is 5.92 Å². The van der Waals surface area contributed by atoms with Crippen molar-refractivity contribution >= 4 is 27.2 Å². The molecule has 0 N–H and O–H groups in total. The molecule has 1 saturated heterocycles. The molecule has 118 valence electrons. The second kappa shape index (κ2) is 6.54. The molecule has 0 atom stereocenters. The van der Waals surface area contributed by atoms with Gasteiger partial charge < -0.3 is 9.64 Å². The van der Waals surface area contributed by atoms with Gasteiger partial charge in [-0.05, 0) is 48.4 Å². The quantitative estimate of drug-likeness (QED) is 0.727. The van der Waals surface area contributed by atoms with E-state index in [1.165, 1.54) is 23.2 Å². The lowest BCUT2D eigenvalue weighted by molar-refractivity contribution is 0.223. The van der Waals surface area contributed by atoms with E-state index in [9.17, 15) is 0 Å². The molecule has 0 spiro atoms. The fourth-order valence-corrected chi connectivity index (χ4v) is 3.99. The number of piperidine rings is 1. The zero-order valence-electron chi connectivity index (χ0n) is 12.9. The molecule has 1 aliphatic rings. The normalized spacial score (nSPS) is 15.9. The van der Waals surface area contributed by atoms with Crippen molar-refractivity contribution in [1.82, 2.24) is 9.97 Å². The van der Waals surface area contributed by atoms with Gasteiger partial charge in [-0.15, -0.1) is 11.3 Å². The Bertz CT molecular complexity index is 766. The number of nitrogens with zero attached hydrogens (tertiary/aromatic N) is 3. The predicted molar refractivity (Wildman–Crippen MR) is 94.3 cm³/mol. The van der Waals surface area contributed by atoms with Crippen molar-refractivity contribution in [1.29, 1.82) is 0 Å². The third kappa shape index (κ3) is 3.15. The van der Waals surface area contributed by atoms with Gasteiger partial charge in [-0.2, -0.15) is 0 Å². The third-order valence-electron chi connectivity index (χ3n) is 4.41. The summed E-state index contributed by atoms with van der Waals surface area (Å²) >= 11 is 1.78. The van der Waals surface area contributed by atoms with E-state index in [4.69, 9.17) is 4.74 Å². The Morgan fingerprint density at radius 1 is 1.09 bits per heavy atom. The van der Waals surface area contributed by atoms with E-state index in [2.05, 4.69) is 32.4 Å². The zero-order valence-corrected chi connectivity index (χ0v) is 13.7. The molecule has 4 heterocycles. The summed E-state index contributed by atoms with van der Waals surface area (Å²) in [5.74, 6) is 1.54. The monoisotopic (exact) mass is 325 g/mol. The molecule has 4 nitrogen and oxygen atoms in total. The van der Waals surface area contributed by atoms with Crippen LogP contribution in [0, 0.1) is 5.92 Å². The molecule has 0 radical (unpaired) electrons. The molecule has 3 aromatic heterocycles. The highest BCUT2D eigenvalue weighted by Crippen LogP contribution is 2.32. The summed E-state index contributed by atoms with van der Waals surface area (Å²) in [6, 6.07) is 8.07. The highest BCUT2D eigenvalue weighted by atomic mass is 32.1. The van der Waals surface area contributed by atoms with Crippen LogP contribution in [0.3, 0.4) is 0 Å². The van der Waals surface area contributed by atoms with Gasteiger partial charge in [0, 0.05) is 31.7 Å². The summed E-state index contributed by atoms with van der Waals surface area (Å²) < 4.78 is 7.18. The molecule has 0 saturated carbocycles. The molecule has 0 amide bonds. The minimum atomic E-state index is 0.625. The fourth-order valence-electron chi connectivity index (χ4n) is 3.10. The molecule has 23 heavy (non-hydrogen) atoms. The van der Waals surface area contributed by atoms with Gasteiger partial charge in [-0.3, -0.25) is 9.97 Å². The molecular weight excluding hydrogens is 306 g/mol. The Balaban J connectivity index is 1.37. The van der Waals surface area contributed by atoms with Crippen LogP contribution in [-0.2, 0) is 0 Å². The Morgan fingerprint density at radius 3 is 2.74 bits per heavy atom. The van der Waals surface area contributed by atoms with Gasteiger partial charge in [-0.1, -0.05) is 0 Å². The number of rotatable bonds is 4. The zero-order chi connectivity index (χ0) is 15.5. The fraction of sp³-hybridized carbons (Fsp3) is 0.333. The van der Waals surface area contributed by atoms with Gasteiger partial charge in [0.15, 0.2) is 0 Å². The van der Waals surface area contributed by atoms with Gasteiger partial charge in [0.2, 0.25) is 0 Å². The van der Waals surface area contributed by atoms with Gasteiger partial charge >= 0.3 is 0 Å². The van der Waals surface area contributed by atoms with Crippen LogP contribution in [0.5, 0.6) is 5.75 Å². The Morgan fingerprint density at radius 2 is 1.91 bits per heavy atom. The summed E-state index contributed by atoms with van der Waals surface area (Å²) in [7, 11) is 0. The van der Waals surface area contributed by atoms with E-state index in [0.29, 0.717) is 5.92 Å². The van der Waals surface area contributed by atoms with E-state index in [0.717, 1.165) is 31.0 Å². The average molecular weight is 325 g/mol. The van der Waals surface area contributed by atoms with E-state index in [-0.39, 0.29) is 0 Å². The van der Waals surface area contributed by atoms with Crippen molar-refractivity contribution in [3.05, 3.63) is 48.2 Å². The highest BCUT2D eigenvalue weighted by molar-refractivity contribution is 7.17. The number of ether oxygens (including phenoxy) is 1. The van der Waals surface area contributed by atoms with Crippen molar-refractivity contribution in [3.8, 4) is 5.75 Å². The highest BCUT2D eigenvalue weighted by Gasteiger charge is 2.21. The van der Waals surface area contributed by atoms with Crippen LogP contribution in [-0.4, -0.2) is 29.7 Å². The molecule has 0 unspecified atom stereocenters. The number of hydrogen-bond donors (Lipinski definition) is 0. The predicted octanol–water partition coefficient (Wildman–Crippen LogP) is 3.99. The van der Waals surface area contributed by atoms with Crippen LogP contribution in [0.15, 0.2) is 48.2 Å². The molecule has 0 aromatic carbocycles. The first-order valence-corrected chi connectivity index (χ1v) is 8.88. The van der Waals surface area contributed by atoms with E-state index < -0.39 is 0 Å². The molecule has 1 aliphatic heterocycles. The Hall–Kier alpha value is -2.14. The van der Waals surface area contributed by atoms with Gasteiger partial charge in [0.25, 0.3) is 0 Å². The largest absolute Gasteiger partial charge is 0.493 e. The maximum absolute atomic E-state index is 5.88. The van der Waals surface area contributed by atoms with Crippen molar-refractivity contribution in [2.45, 2.75) is 12.8 Å². The molecule has 5 heteroatoms. The van der Waals surface area contributed by atoms with Crippen molar-refractivity contribution < 1.29 is 4.74 Å². The summed E-state index contributed by atoms with van der Waals surface area (Å²) in [4.78, 5) is 10.9. The van der Waals surface area contributed by atoms with Crippen LogP contribution in [0.1, 0.15) is 12.8 Å². The lowest BCUT2D eigenvalue weighted by atomic mass is 9.97. The summed E-state index contributed by atoms with van der Waals surface area (Å²) in [5.41, 5.74) is 2.44. The minimum absolute atomic E-state index is 0.625. The van der Waals surface area contributed by atoms with Crippen molar-refractivity contribution in [3.63, 3.8) is 0 Å². The van der Waals surface area contributed by atoms with E-state index >= 15 is 0 Å². The Labute approximate surface area is 139 Å². The molecular formula is C18H19N3OS. The maximum Gasteiger partial charge on any atom is 0.122 e. The van der Waals surface area contributed by atoms with Gasteiger partial charge in [0.1, 0.15) is 5.75 Å². The second-order valence-corrected chi connectivity index (χ2v) is 6.81. The number of thiophene rings is 1. The standard InChI is InChI=1S/C18H19N3OS/c1-7-19-8-2-15(1)22-13-14-4-10-21(11-5-14)17-3-9-20-16-6-12-23-18(16)17/h1-3,6-9,12,14H,4-5,10-11,13H2. The van der Waals surface area contributed by atoms with E-state index in [1.54, 1.807) is 23.7 Å². The molecule has 3 aromatic rings. The second-order valence-electron chi connectivity index (χ2n) is 5.89. The van der Waals surface area contributed by atoms with E-state index in [1.807, 2.05) is 18.3 Å². The van der Waals surface area contributed by atoms with Crippen LogP contribution < -0.4 is 9.64 Å². The smallest absolute Gasteiger partial charge is 0.122 e. The number of aromatic nitrogens is 2.